The number of fused-ring (bicyclic) bond motifs is 1. The van der Waals surface area contributed by atoms with E-state index in [0.717, 1.165) is 10.6 Å². The molecule has 0 bridgehead atoms. The summed E-state index contributed by atoms with van der Waals surface area (Å²) in [6.07, 6.45) is 2.11. The van der Waals surface area contributed by atoms with Gasteiger partial charge in [-0.3, -0.25) is 14.4 Å². The largest absolute Gasteiger partial charge is 0.333 e. The van der Waals surface area contributed by atoms with Crippen molar-refractivity contribution >= 4 is 28.3 Å². The van der Waals surface area contributed by atoms with Crippen molar-refractivity contribution in [3.8, 4) is 0 Å². The monoisotopic (exact) mass is 318 g/mol. The zero-order chi connectivity index (χ0) is 15.7. The van der Waals surface area contributed by atoms with E-state index in [-0.39, 0.29) is 22.9 Å². The molecule has 0 saturated carbocycles. The number of nitrogens with one attached hydrogen (secondary N) is 2. The predicted molar refractivity (Wildman–Crippen MR) is 81.9 cm³/mol. The number of hydrogen-bond donors (Lipinski definition) is 2. The Kier molecular flexibility index (Phi) is 3.76. The number of aromatic nitrogens is 2. The van der Waals surface area contributed by atoms with Crippen LogP contribution in [0.15, 0.2) is 23.1 Å². The predicted octanol–water partition coefficient (Wildman–Crippen LogP) is 0.988. The van der Waals surface area contributed by atoms with Gasteiger partial charge in [-0.1, -0.05) is 11.3 Å². The highest BCUT2D eigenvalue weighted by Crippen LogP contribution is 2.28. The standard InChI is InChI=1S/C14H14N4O3S/c1-8(19)16-14-17-10-4-6-18(7-11(10)22-14)13(21)9-3-2-5-15-12(9)20/h2-3,5H,4,6-7H2,1H3,(H,15,20)(H,16,17,19). The number of thiazole rings is 1. The molecule has 0 aromatic carbocycles. The van der Waals surface area contributed by atoms with Gasteiger partial charge in [-0.2, -0.15) is 0 Å². The van der Waals surface area contributed by atoms with Gasteiger partial charge in [0.25, 0.3) is 11.5 Å². The number of aromatic amines is 1. The first-order valence-corrected chi connectivity index (χ1v) is 7.59. The van der Waals surface area contributed by atoms with Crippen LogP contribution in [0.3, 0.4) is 0 Å². The van der Waals surface area contributed by atoms with Crippen LogP contribution in [0, 0.1) is 0 Å². The molecule has 2 amide bonds. The average Bonchev–Trinajstić information content (AvgIpc) is 2.87. The van der Waals surface area contributed by atoms with Crippen molar-refractivity contribution in [3.05, 3.63) is 44.8 Å². The molecule has 1 aliphatic rings. The van der Waals surface area contributed by atoms with Crippen LogP contribution in [-0.4, -0.2) is 33.2 Å². The van der Waals surface area contributed by atoms with Crippen LogP contribution in [0.4, 0.5) is 5.13 Å². The fourth-order valence-electron chi connectivity index (χ4n) is 2.33. The summed E-state index contributed by atoms with van der Waals surface area (Å²) >= 11 is 1.36. The molecular formula is C14H14N4O3S. The Balaban J connectivity index is 1.81. The zero-order valence-corrected chi connectivity index (χ0v) is 12.7. The number of H-pyrrole nitrogens is 1. The first-order chi connectivity index (χ1) is 10.5. The molecule has 0 saturated heterocycles. The van der Waals surface area contributed by atoms with Crippen molar-refractivity contribution in [2.75, 3.05) is 11.9 Å². The average molecular weight is 318 g/mol. The Morgan fingerprint density at radius 1 is 1.45 bits per heavy atom. The highest BCUT2D eigenvalue weighted by Gasteiger charge is 2.26. The lowest BCUT2D eigenvalue weighted by Gasteiger charge is -2.25. The van der Waals surface area contributed by atoms with Crippen LogP contribution < -0.4 is 10.9 Å². The molecule has 2 N–H and O–H groups in total. The molecule has 3 heterocycles. The minimum absolute atomic E-state index is 0.137. The molecule has 114 valence electrons. The van der Waals surface area contributed by atoms with Crippen molar-refractivity contribution < 1.29 is 9.59 Å². The fourth-order valence-corrected chi connectivity index (χ4v) is 3.40. The molecule has 0 atom stereocenters. The van der Waals surface area contributed by atoms with Crippen LogP contribution in [-0.2, 0) is 17.8 Å². The Hall–Kier alpha value is -2.48. The summed E-state index contributed by atoms with van der Waals surface area (Å²) in [5.41, 5.74) is 0.652. The van der Waals surface area contributed by atoms with Gasteiger partial charge in [-0.15, -0.1) is 0 Å². The first kappa shape index (κ1) is 14.5. The molecule has 0 aliphatic carbocycles. The van der Waals surface area contributed by atoms with E-state index in [9.17, 15) is 14.4 Å². The van der Waals surface area contributed by atoms with Crippen molar-refractivity contribution in [2.45, 2.75) is 19.9 Å². The highest BCUT2D eigenvalue weighted by molar-refractivity contribution is 7.15. The molecule has 2 aromatic rings. The van der Waals surface area contributed by atoms with Gasteiger partial charge in [0.2, 0.25) is 5.91 Å². The maximum absolute atomic E-state index is 12.4. The van der Waals surface area contributed by atoms with Crippen molar-refractivity contribution in [1.29, 1.82) is 0 Å². The lowest BCUT2D eigenvalue weighted by molar-refractivity contribution is -0.114. The molecule has 7 nitrogen and oxygen atoms in total. The summed E-state index contributed by atoms with van der Waals surface area (Å²) in [6, 6.07) is 3.15. The number of pyridine rings is 1. The van der Waals surface area contributed by atoms with Crippen molar-refractivity contribution in [1.82, 2.24) is 14.9 Å². The zero-order valence-electron chi connectivity index (χ0n) is 11.9. The molecule has 0 radical (unpaired) electrons. The Labute approximate surface area is 130 Å². The SMILES string of the molecule is CC(=O)Nc1nc2c(s1)CN(C(=O)c1ccc[nH]c1=O)CC2. The third-order valence-corrected chi connectivity index (χ3v) is 4.35. The molecule has 0 spiro atoms. The van der Waals surface area contributed by atoms with Crippen LogP contribution in [0.1, 0.15) is 27.9 Å². The third-order valence-electron chi connectivity index (χ3n) is 3.35. The van der Waals surface area contributed by atoms with Gasteiger partial charge >= 0.3 is 0 Å². The quantitative estimate of drug-likeness (QED) is 0.863. The van der Waals surface area contributed by atoms with Gasteiger partial charge in [0.1, 0.15) is 5.56 Å². The topological polar surface area (TPSA) is 95.2 Å². The van der Waals surface area contributed by atoms with E-state index in [1.54, 1.807) is 11.0 Å². The molecule has 8 heteroatoms. The lowest BCUT2D eigenvalue weighted by atomic mass is 10.1. The molecule has 1 aliphatic heterocycles. The lowest BCUT2D eigenvalue weighted by Crippen LogP contribution is -2.38. The smallest absolute Gasteiger partial charge is 0.260 e. The van der Waals surface area contributed by atoms with Gasteiger partial charge in [-0.05, 0) is 12.1 Å². The van der Waals surface area contributed by atoms with Crippen LogP contribution in [0.25, 0.3) is 0 Å². The molecule has 3 rings (SSSR count). The molecule has 0 unspecified atom stereocenters. The molecule has 22 heavy (non-hydrogen) atoms. The second kappa shape index (κ2) is 5.72. The van der Waals surface area contributed by atoms with Crippen molar-refractivity contribution in [3.63, 3.8) is 0 Å². The minimum Gasteiger partial charge on any atom is -0.333 e. The van der Waals surface area contributed by atoms with E-state index >= 15 is 0 Å². The van der Waals surface area contributed by atoms with Gasteiger partial charge in [0.15, 0.2) is 5.13 Å². The number of carbonyl (C=O) groups excluding carboxylic acids is 2. The fraction of sp³-hybridized carbons (Fsp3) is 0.286. The summed E-state index contributed by atoms with van der Waals surface area (Å²) in [5, 5.41) is 3.20. The van der Waals surface area contributed by atoms with Gasteiger partial charge in [-0.25, -0.2) is 4.98 Å². The van der Waals surface area contributed by atoms with Gasteiger partial charge in [0, 0.05) is 31.0 Å². The number of nitrogens with zero attached hydrogens (tertiary/aromatic N) is 2. The van der Waals surface area contributed by atoms with E-state index in [4.69, 9.17) is 0 Å². The van der Waals surface area contributed by atoms with E-state index < -0.39 is 0 Å². The number of rotatable bonds is 2. The summed E-state index contributed by atoms with van der Waals surface area (Å²) in [5.74, 6) is -0.461. The number of amides is 2. The van der Waals surface area contributed by atoms with E-state index in [1.165, 1.54) is 30.5 Å². The Morgan fingerprint density at radius 3 is 3.00 bits per heavy atom. The van der Waals surface area contributed by atoms with Gasteiger partial charge in [0.05, 0.1) is 12.2 Å². The first-order valence-electron chi connectivity index (χ1n) is 6.78. The van der Waals surface area contributed by atoms with Crippen molar-refractivity contribution in [2.24, 2.45) is 0 Å². The summed E-state index contributed by atoms with van der Waals surface area (Å²) < 4.78 is 0. The van der Waals surface area contributed by atoms with Gasteiger partial charge < -0.3 is 15.2 Å². The summed E-state index contributed by atoms with van der Waals surface area (Å²) in [7, 11) is 0. The number of hydrogen-bond acceptors (Lipinski definition) is 5. The molecule has 2 aromatic heterocycles. The second-order valence-corrected chi connectivity index (χ2v) is 6.04. The third kappa shape index (κ3) is 2.77. The summed E-state index contributed by atoms with van der Waals surface area (Å²) in [6.45, 7) is 2.33. The highest BCUT2D eigenvalue weighted by atomic mass is 32.1. The number of anilines is 1. The maximum Gasteiger partial charge on any atom is 0.260 e. The second-order valence-electron chi connectivity index (χ2n) is 4.96. The van der Waals surface area contributed by atoms with Crippen LogP contribution in [0.2, 0.25) is 0 Å². The molecule has 0 fully saturated rings. The summed E-state index contributed by atoms with van der Waals surface area (Å²) in [4.78, 5) is 44.7. The van der Waals surface area contributed by atoms with E-state index in [2.05, 4.69) is 15.3 Å². The number of carbonyl (C=O) groups is 2. The maximum atomic E-state index is 12.4. The normalized spacial score (nSPS) is 13.6. The molecular weight excluding hydrogens is 304 g/mol. The Bertz CT molecular complexity index is 795. The van der Waals surface area contributed by atoms with E-state index in [0.29, 0.717) is 24.6 Å². The van der Waals surface area contributed by atoms with Crippen LogP contribution >= 0.6 is 11.3 Å². The van der Waals surface area contributed by atoms with E-state index in [1.807, 2.05) is 0 Å². The Morgan fingerprint density at radius 2 is 2.27 bits per heavy atom. The minimum atomic E-state index is -0.387. The van der Waals surface area contributed by atoms with Crippen LogP contribution in [0.5, 0.6) is 0 Å².